The van der Waals surface area contributed by atoms with Gasteiger partial charge in [0.15, 0.2) is 0 Å². The van der Waals surface area contributed by atoms with Crippen LogP contribution < -0.4 is 5.32 Å². The minimum absolute atomic E-state index is 0.600. The van der Waals surface area contributed by atoms with Gasteiger partial charge in [0, 0.05) is 4.90 Å². The number of hydrogen-bond acceptors (Lipinski definition) is 2. The quantitative estimate of drug-likeness (QED) is 0.797. The van der Waals surface area contributed by atoms with E-state index in [1.54, 1.807) is 12.1 Å². The van der Waals surface area contributed by atoms with Gasteiger partial charge in [-0.3, -0.25) is 0 Å². The third kappa shape index (κ3) is 3.18. The van der Waals surface area contributed by atoms with Crippen molar-refractivity contribution in [3.05, 3.63) is 29.8 Å². The molecule has 1 aromatic carbocycles. The molecule has 1 aromatic rings. The van der Waals surface area contributed by atoms with E-state index in [-0.39, 0.29) is 0 Å². The fraction of sp³-hybridized carbons (Fsp3) is 0.455. The molecule has 0 unspecified atom stereocenters. The smallest absolute Gasteiger partial charge is 0.288 e. The molecule has 4 heteroatoms. The first-order valence-corrected chi connectivity index (χ1v) is 5.86. The molecule has 1 heterocycles. The Kier molecular flexibility index (Phi) is 3.59. The highest BCUT2D eigenvalue weighted by Crippen LogP contribution is 2.25. The van der Waals surface area contributed by atoms with Crippen LogP contribution in [0.5, 0.6) is 0 Å². The second-order valence-corrected chi connectivity index (χ2v) is 4.81. The summed E-state index contributed by atoms with van der Waals surface area (Å²) in [6.07, 6.45) is 1.05. The van der Waals surface area contributed by atoms with Gasteiger partial charge in [0.25, 0.3) is 5.76 Å². The van der Waals surface area contributed by atoms with E-state index in [1.807, 2.05) is 12.1 Å². The lowest BCUT2D eigenvalue weighted by molar-refractivity contribution is 0.252. The average Bonchev–Trinajstić information content (AvgIpc) is 2.13. The van der Waals surface area contributed by atoms with Crippen LogP contribution in [0.2, 0.25) is 0 Å². The minimum Gasteiger partial charge on any atom is -0.316 e. The third-order valence-electron chi connectivity index (χ3n) is 2.54. The fourth-order valence-corrected chi connectivity index (χ4v) is 2.13. The number of rotatable bonds is 4. The van der Waals surface area contributed by atoms with Crippen molar-refractivity contribution >= 4 is 11.8 Å². The molecule has 1 saturated heterocycles. The fourth-order valence-electron chi connectivity index (χ4n) is 1.63. The van der Waals surface area contributed by atoms with E-state index in [0.717, 1.165) is 25.4 Å². The standard InChI is InChI=1S/C11H13F2NS/c12-11(13)15-10-3-1-8(2-4-10)5-9-6-14-7-9/h1-4,9,11,14H,5-7H2. The molecule has 0 spiro atoms. The van der Waals surface area contributed by atoms with E-state index in [9.17, 15) is 8.78 Å². The lowest BCUT2D eigenvalue weighted by atomic mass is 9.95. The first kappa shape index (κ1) is 10.9. The summed E-state index contributed by atoms with van der Waals surface area (Å²) in [5.41, 5.74) is 1.24. The van der Waals surface area contributed by atoms with Gasteiger partial charge in [0.2, 0.25) is 0 Å². The molecule has 82 valence electrons. The summed E-state index contributed by atoms with van der Waals surface area (Å²) in [6.45, 7) is 2.15. The zero-order valence-electron chi connectivity index (χ0n) is 8.25. The van der Waals surface area contributed by atoms with Crippen molar-refractivity contribution in [1.82, 2.24) is 5.32 Å². The van der Waals surface area contributed by atoms with E-state index in [0.29, 0.717) is 16.7 Å². The first-order valence-electron chi connectivity index (χ1n) is 4.98. The van der Waals surface area contributed by atoms with Gasteiger partial charge in [0.1, 0.15) is 0 Å². The highest BCUT2D eigenvalue weighted by molar-refractivity contribution is 7.99. The number of nitrogens with one attached hydrogen (secondary N) is 1. The van der Waals surface area contributed by atoms with E-state index >= 15 is 0 Å². The van der Waals surface area contributed by atoms with Crippen LogP contribution in [-0.4, -0.2) is 18.8 Å². The number of alkyl halides is 2. The van der Waals surface area contributed by atoms with Gasteiger partial charge in [-0.15, -0.1) is 0 Å². The zero-order chi connectivity index (χ0) is 10.7. The summed E-state index contributed by atoms with van der Waals surface area (Å²) in [5.74, 6) is -1.61. The second-order valence-electron chi connectivity index (χ2n) is 3.75. The Bertz CT molecular complexity index is 309. The summed E-state index contributed by atoms with van der Waals surface area (Å²) < 4.78 is 24.1. The average molecular weight is 229 g/mol. The van der Waals surface area contributed by atoms with E-state index < -0.39 is 5.76 Å². The summed E-state index contributed by atoms with van der Waals surface area (Å²) >= 11 is 0.600. The normalized spacial score (nSPS) is 16.7. The van der Waals surface area contributed by atoms with Crippen molar-refractivity contribution in [2.75, 3.05) is 13.1 Å². The Balaban J connectivity index is 1.91. The molecule has 1 N–H and O–H groups in total. The van der Waals surface area contributed by atoms with Crippen molar-refractivity contribution in [1.29, 1.82) is 0 Å². The third-order valence-corrected chi connectivity index (χ3v) is 3.26. The monoisotopic (exact) mass is 229 g/mol. The molecule has 0 aromatic heterocycles. The summed E-state index contributed by atoms with van der Waals surface area (Å²) in [7, 11) is 0. The molecule has 1 aliphatic heterocycles. The van der Waals surface area contributed by atoms with Crippen molar-refractivity contribution < 1.29 is 8.78 Å². The molecular formula is C11H13F2NS. The lowest BCUT2D eigenvalue weighted by Crippen LogP contribution is -2.43. The highest BCUT2D eigenvalue weighted by Gasteiger charge is 2.16. The van der Waals surface area contributed by atoms with Crippen LogP contribution in [0.1, 0.15) is 5.56 Å². The largest absolute Gasteiger partial charge is 0.316 e. The summed E-state index contributed by atoms with van der Waals surface area (Å²) in [5, 5.41) is 3.22. The molecule has 0 atom stereocenters. The maximum Gasteiger partial charge on any atom is 0.288 e. The molecule has 0 bridgehead atoms. The second kappa shape index (κ2) is 4.94. The van der Waals surface area contributed by atoms with Crippen molar-refractivity contribution in [2.24, 2.45) is 5.92 Å². The molecule has 1 nitrogen and oxygen atoms in total. The van der Waals surface area contributed by atoms with Crippen LogP contribution in [0.15, 0.2) is 29.2 Å². The maximum absolute atomic E-state index is 12.0. The minimum atomic E-state index is -2.33. The Morgan fingerprint density at radius 1 is 1.27 bits per heavy atom. The molecule has 0 amide bonds. The van der Waals surface area contributed by atoms with Crippen LogP contribution in [0.3, 0.4) is 0 Å². The lowest BCUT2D eigenvalue weighted by Gasteiger charge is -2.27. The van der Waals surface area contributed by atoms with Crippen molar-refractivity contribution in [3.63, 3.8) is 0 Å². The molecule has 15 heavy (non-hydrogen) atoms. The van der Waals surface area contributed by atoms with Gasteiger partial charge < -0.3 is 5.32 Å². The first-order chi connectivity index (χ1) is 7.24. The van der Waals surface area contributed by atoms with Gasteiger partial charge in [-0.25, -0.2) is 0 Å². The van der Waals surface area contributed by atoms with E-state index in [4.69, 9.17) is 0 Å². The highest BCUT2D eigenvalue weighted by atomic mass is 32.2. The topological polar surface area (TPSA) is 12.0 Å². The van der Waals surface area contributed by atoms with Crippen LogP contribution in [0.4, 0.5) is 8.78 Å². The SMILES string of the molecule is FC(F)Sc1ccc(CC2CNC2)cc1. The Morgan fingerprint density at radius 2 is 1.93 bits per heavy atom. The molecule has 2 rings (SSSR count). The predicted octanol–water partition coefficient (Wildman–Crippen LogP) is 2.76. The van der Waals surface area contributed by atoms with Gasteiger partial charge in [-0.1, -0.05) is 23.9 Å². The number of thioether (sulfide) groups is 1. The van der Waals surface area contributed by atoms with E-state index in [1.165, 1.54) is 5.56 Å². The molecule has 0 radical (unpaired) electrons. The van der Waals surface area contributed by atoms with Gasteiger partial charge >= 0.3 is 0 Å². The molecular weight excluding hydrogens is 216 g/mol. The summed E-state index contributed by atoms with van der Waals surface area (Å²) in [6, 6.07) is 7.45. The van der Waals surface area contributed by atoms with Gasteiger partial charge in [-0.05, 0) is 43.1 Å². The molecule has 0 aliphatic carbocycles. The van der Waals surface area contributed by atoms with Gasteiger partial charge in [-0.2, -0.15) is 8.78 Å². The Morgan fingerprint density at radius 3 is 2.40 bits per heavy atom. The molecule has 0 saturated carbocycles. The van der Waals surface area contributed by atoms with Gasteiger partial charge in [0.05, 0.1) is 0 Å². The van der Waals surface area contributed by atoms with Crippen LogP contribution in [-0.2, 0) is 6.42 Å². The zero-order valence-corrected chi connectivity index (χ0v) is 9.07. The molecule has 1 aliphatic rings. The number of benzene rings is 1. The van der Waals surface area contributed by atoms with Crippen LogP contribution >= 0.6 is 11.8 Å². The van der Waals surface area contributed by atoms with Crippen molar-refractivity contribution in [3.8, 4) is 0 Å². The predicted molar refractivity (Wildman–Crippen MR) is 58.4 cm³/mol. The maximum atomic E-state index is 12.0. The Hall–Kier alpha value is -0.610. The number of halogens is 2. The number of hydrogen-bond donors (Lipinski definition) is 1. The van der Waals surface area contributed by atoms with Crippen LogP contribution in [0.25, 0.3) is 0 Å². The van der Waals surface area contributed by atoms with E-state index in [2.05, 4.69) is 5.32 Å². The molecule has 1 fully saturated rings. The Labute approximate surface area is 92.3 Å². The summed E-state index contributed by atoms with van der Waals surface area (Å²) in [4.78, 5) is 0.639. The van der Waals surface area contributed by atoms with Crippen LogP contribution in [0, 0.1) is 5.92 Å². The van der Waals surface area contributed by atoms with Crippen molar-refractivity contribution in [2.45, 2.75) is 17.1 Å².